The zero-order valence-electron chi connectivity index (χ0n) is 38.2. The van der Waals surface area contributed by atoms with E-state index in [1.165, 1.54) is 49.9 Å². The number of anilines is 5. The predicted octanol–water partition coefficient (Wildman–Crippen LogP) is 16.6. The molecule has 70 heavy (non-hydrogen) atoms. The highest BCUT2D eigenvalue weighted by Gasteiger charge is 2.47. The quantitative estimate of drug-likeness (QED) is 0.149. The summed E-state index contributed by atoms with van der Waals surface area (Å²) >= 11 is 0. The highest BCUT2D eigenvalue weighted by atomic mass is 16.3. The molecule has 0 atom stereocenters. The summed E-state index contributed by atoms with van der Waals surface area (Å²) in [7, 11) is 0. The van der Waals surface area contributed by atoms with Crippen LogP contribution in [0.2, 0.25) is 0 Å². The summed E-state index contributed by atoms with van der Waals surface area (Å²) < 4.78 is 7.17. The molecule has 0 fully saturated rings. The molecule has 0 saturated carbocycles. The first kappa shape index (κ1) is 40.0. The number of hydrogen-bond donors (Lipinski definition) is 0. The molecule has 3 heterocycles. The van der Waals surface area contributed by atoms with Gasteiger partial charge in [-0.1, -0.05) is 200 Å². The van der Waals surface area contributed by atoms with Gasteiger partial charge in [-0.3, -0.25) is 0 Å². The minimum Gasteiger partial charge on any atom is -0.455 e. The molecule has 1 aromatic heterocycles. The Kier molecular flexibility index (Phi) is 9.31. The van der Waals surface area contributed by atoms with Gasteiger partial charge in [-0.15, -0.1) is 0 Å². The van der Waals surface area contributed by atoms with Crippen molar-refractivity contribution in [2.24, 2.45) is 0 Å². The van der Waals surface area contributed by atoms with Gasteiger partial charge in [-0.25, -0.2) is 0 Å². The maximum absolute atomic E-state index is 7.17. The van der Waals surface area contributed by atoms with Crippen LogP contribution in [0.5, 0.6) is 0 Å². The highest BCUT2D eigenvalue weighted by Crippen LogP contribution is 2.52. The Morgan fingerprint density at radius 1 is 0.314 bits per heavy atom. The van der Waals surface area contributed by atoms with E-state index in [9.17, 15) is 0 Å². The van der Waals surface area contributed by atoms with Crippen molar-refractivity contribution >= 4 is 68.1 Å². The number of para-hydroxylation sites is 1. The van der Waals surface area contributed by atoms with Crippen LogP contribution in [0.3, 0.4) is 0 Å². The summed E-state index contributed by atoms with van der Waals surface area (Å²) in [6, 6.07) is 95.2. The molecule has 2 aliphatic rings. The second-order valence-electron chi connectivity index (χ2n) is 18.4. The van der Waals surface area contributed by atoms with Crippen molar-refractivity contribution in [3.05, 3.63) is 261 Å². The van der Waals surface area contributed by atoms with Crippen molar-refractivity contribution < 1.29 is 4.42 Å². The van der Waals surface area contributed by atoms with E-state index in [4.69, 9.17) is 4.42 Å². The third kappa shape index (κ3) is 6.53. The Morgan fingerprint density at radius 2 is 0.786 bits per heavy atom. The van der Waals surface area contributed by atoms with E-state index in [1.807, 2.05) is 0 Å². The van der Waals surface area contributed by atoms with Gasteiger partial charge in [0, 0.05) is 50.3 Å². The smallest absolute Gasteiger partial charge is 0.333 e. The van der Waals surface area contributed by atoms with E-state index in [2.05, 4.69) is 271 Å². The van der Waals surface area contributed by atoms with Gasteiger partial charge in [0.25, 0.3) is 0 Å². The van der Waals surface area contributed by atoms with Gasteiger partial charge in [0.05, 0.1) is 0 Å². The number of nitrogens with zero attached hydrogens (tertiary/aromatic N) is 2. The normalized spacial score (nSPS) is 12.5. The first-order chi connectivity index (χ1) is 34.7. The molecule has 2 aliphatic heterocycles. The fourth-order valence-corrected chi connectivity index (χ4v) is 11.2. The van der Waals surface area contributed by atoms with Crippen molar-refractivity contribution in [3.8, 4) is 66.8 Å². The summed E-state index contributed by atoms with van der Waals surface area (Å²) in [5, 5.41) is 2.19. The van der Waals surface area contributed by atoms with Crippen LogP contribution in [0.1, 0.15) is 0 Å². The van der Waals surface area contributed by atoms with Gasteiger partial charge < -0.3 is 14.1 Å². The Morgan fingerprint density at radius 3 is 1.37 bits per heavy atom. The van der Waals surface area contributed by atoms with E-state index < -0.39 is 0 Å². The lowest BCUT2D eigenvalue weighted by Gasteiger charge is -2.46. The molecule has 0 saturated heterocycles. The van der Waals surface area contributed by atoms with E-state index in [0.717, 1.165) is 78.2 Å². The molecule has 0 bridgehead atoms. The molecule has 0 aliphatic carbocycles. The number of furan rings is 1. The van der Waals surface area contributed by atoms with Crippen LogP contribution in [0.4, 0.5) is 28.4 Å². The molecule has 0 N–H and O–H groups in total. The molecular weight excluding hydrogens is 848 g/mol. The third-order valence-electron chi connectivity index (χ3n) is 14.4. The first-order valence-corrected chi connectivity index (χ1v) is 24.1. The maximum Gasteiger partial charge on any atom is 0.333 e. The molecule has 3 nitrogen and oxygen atoms in total. The number of benzene rings is 11. The molecule has 12 aromatic rings. The fraction of sp³-hybridized carbons (Fsp3) is 0. The van der Waals surface area contributed by atoms with E-state index in [-0.39, 0.29) is 6.85 Å². The summed E-state index contributed by atoms with van der Waals surface area (Å²) in [6.45, 7) is -0.235. The molecule has 0 spiro atoms. The Labute approximate surface area is 407 Å². The van der Waals surface area contributed by atoms with Gasteiger partial charge in [-0.05, 0) is 127 Å². The Bertz CT molecular complexity index is 3870. The van der Waals surface area contributed by atoms with Gasteiger partial charge >= 0.3 is 6.85 Å². The standard InChI is InChI=1S/C66H43BN2O/c1-6-18-44(19-7-1)49-30-34-54(35-31-49)69-60-36-32-50(45-20-8-2-9-21-45)41-58(60)64-65-62(43-57-56-28-16-17-29-63(56)70-66(57)64)68(61-37-33-51(42-59(61)67(65)69)46-22-10-3-11-23-46)55-39-52(47-24-12-4-13-25-47)38-53(40-55)48-26-14-5-15-27-48/h1-43H. The average molecular weight is 891 g/mol. The van der Waals surface area contributed by atoms with Crippen LogP contribution >= 0.6 is 0 Å². The Hall–Kier alpha value is -9.12. The lowest BCUT2D eigenvalue weighted by Crippen LogP contribution is -2.61. The van der Waals surface area contributed by atoms with Crippen LogP contribution in [-0.2, 0) is 0 Å². The number of rotatable bonds is 7. The second kappa shape index (κ2) is 16.3. The average Bonchev–Trinajstić information content (AvgIpc) is 3.82. The van der Waals surface area contributed by atoms with Crippen molar-refractivity contribution in [1.29, 1.82) is 0 Å². The van der Waals surface area contributed by atoms with Gasteiger partial charge in [0.2, 0.25) is 0 Å². The molecule has 0 radical (unpaired) electrons. The van der Waals surface area contributed by atoms with Crippen LogP contribution in [0.25, 0.3) is 88.7 Å². The maximum atomic E-state index is 7.17. The minimum absolute atomic E-state index is 0.235. The molecule has 4 heteroatoms. The molecule has 11 aromatic carbocycles. The first-order valence-electron chi connectivity index (χ1n) is 24.1. The molecule has 326 valence electrons. The fourth-order valence-electron chi connectivity index (χ4n) is 11.2. The van der Waals surface area contributed by atoms with Crippen molar-refractivity contribution in [2.45, 2.75) is 0 Å². The molecular formula is C66H43BN2O. The lowest BCUT2D eigenvalue weighted by atomic mass is 9.43. The molecule has 14 rings (SSSR count). The van der Waals surface area contributed by atoms with E-state index in [1.54, 1.807) is 0 Å². The van der Waals surface area contributed by atoms with Crippen molar-refractivity contribution in [3.63, 3.8) is 0 Å². The lowest BCUT2D eigenvalue weighted by molar-refractivity contribution is 0.670. The second-order valence-corrected chi connectivity index (χ2v) is 18.4. The summed E-state index contributed by atoms with van der Waals surface area (Å²) in [5.74, 6) is 0. The van der Waals surface area contributed by atoms with Crippen LogP contribution in [0, 0.1) is 0 Å². The third-order valence-corrected chi connectivity index (χ3v) is 14.4. The zero-order chi connectivity index (χ0) is 46.1. The van der Waals surface area contributed by atoms with Crippen molar-refractivity contribution in [1.82, 2.24) is 0 Å². The van der Waals surface area contributed by atoms with Gasteiger partial charge in [0.1, 0.15) is 11.2 Å². The largest absolute Gasteiger partial charge is 0.455 e. The van der Waals surface area contributed by atoms with Gasteiger partial charge in [-0.2, -0.15) is 0 Å². The molecule has 0 amide bonds. The number of hydrogen-bond acceptors (Lipinski definition) is 3. The summed E-state index contributed by atoms with van der Waals surface area (Å²) in [5.41, 5.74) is 23.7. The van der Waals surface area contributed by atoms with E-state index in [0.29, 0.717) is 0 Å². The topological polar surface area (TPSA) is 19.6 Å². The van der Waals surface area contributed by atoms with Gasteiger partial charge in [0.15, 0.2) is 0 Å². The summed E-state index contributed by atoms with van der Waals surface area (Å²) in [4.78, 5) is 5.14. The highest BCUT2D eigenvalue weighted by molar-refractivity contribution is 6.94. The van der Waals surface area contributed by atoms with Crippen LogP contribution in [-0.4, -0.2) is 6.85 Å². The predicted molar refractivity (Wildman–Crippen MR) is 295 cm³/mol. The van der Waals surface area contributed by atoms with Crippen LogP contribution < -0.4 is 20.6 Å². The minimum atomic E-state index is -0.235. The summed E-state index contributed by atoms with van der Waals surface area (Å²) in [6.07, 6.45) is 0. The van der Waals surface area contributed by atoms with Crippen LogP contribution in [0.15, 0.2) is 265 Å². The Balaban J connectivity index is 1.12. The zero-order valence-corrected chi connectivity index (χ0v) is 38.2. The SMILES string of the molecule is c1ccc(-c2ccc(N3B4c5cc(-c6ccccc6)ccc5N(c5cc(-c6ccccc6)cc(-c6ccccc6)c5)c5cc6c(oc7ccccc76)c(c54)-c4cc(-c5ccccc5)ccc43)cc2)cc1. The van der Waals surface area contributed by atoms with E-state index >= 15 is 0 Å². The van der Waals surface area contributed by atoms with Crippen molar-refractivity contribution in [2.75, 3.05) is 9.71 Å². The number of fused-ring (bicyclic) bond motifs is 8. The molecule has 0 unspecified atom stereocenters. The monoisotopic (exact) mass is 890 g/mol.